The highest BCUT2D eigenvalue weighted by Crippen LogP contribution is 2.30. The van der Waals surface area contributed by atoms with Gasteiger partial charge in [-0.2, -0.15) is 0 Å². The average molecular weight is 248 g/mol. The van der Waals surface area contributed by atoms with Crippen LogP contribution in [0.5, 0.6) is 0 Å². The highest BCUT2D eigenvalue weighted by Gasteiger charge is 2.24. The molecule has 0 spiro atoms. The minimum absolute atomic E-state index is 0.574. The fourth-order valence-electron chi connectivity index (χ4n) is 3.43. The van der Waals surface area contributed by atoms with Crippen LogP contribution in [0, 0.1) is 0 Å². The van der Waals surface area contributed by atoms with Crippen LogP contribution in [0.15, 0.2) is 6.33 Å². The van der Waals surface area contributed by atoms with E-state index in [-0.39, 0.29) is 0 Å². The maximum absolute atomic E-state index is 4.42. The van der Waals surface area contributed by atoms with Crippen LogP contribution in [0.2, 0.25) is 0 Å². The van der Waals surface area contributed by atoms with Gasteiger partial charge in [0.2, 0.25) is 0 Å². The predicted molar refractivity (Wildman–Crippen MR) is 71.6 cm³/mol. The molecule has 3 rings (SSSR count). The van der Waals surface area contributed by atoms with Crippen LogP contribution in [0.1, 0.15) is 69.2 Å². The van der Waals surface area contributed by atoms with Crippen molar-refractivity contribution in [1.82, 2.24) is 20.1 Å². The van der Waals surface area contributed by atoms with E-state index in [1.807, 2.05) is 6.33 Å². The van der Waals surface area contributed by atoms with E-state index in [0.29, 0.717) is 12.0 Å². The monoisotopic (exact) mass is 248 g/mol. The maximum atomic E-state index is 4.42. The van der Waals surface area contributed by atoms with Crippen molar-refractivity contribution in [3.05, 3.63) is 12.2 Å². The summed E-state index contributed by atoms with van der Waals surface area (Å²) in [6.07, 6.45) is 12.7. The average Bonchev–Trinajstić information content (AvgIpc) is 2.75. The molecule has 1 saturated carbocycles. The first-order valence-electron chi connectivity index (χ1n) is 7.55. The molecule has 1 saturated heterocycles. The third kappa shape index (κ3) is 2.58. The van der Waals surface area contributed by atoms with E-state index in [2.05, 4.69) is 20.1 Å². The van der Waals surface area contributed by atoms with E-state index >= 15 is 0 Å². The van der Waals surface area contributed by atoms with E-state index in [4.69, 9.17) is 0 Å². The zero-order valence-electron chi connectivity index (χ0n) is 11.1. The summed E-state index contributed by atoms with van der Waals surface area (Å²) in [5, 5.41) is 12.1. The Hall–Kier alpha value is -0.900. The van der Waals surface area contributed by atoms with Crippen LogP contribution in [-0.2, 0) is 0 Å². The van der Waals surface area contributed by atoms with Gasteiger partial charge in [-0.1, -0.05) is 25.7 Å². The van der Waals surface area contributed by atoms with Crippen LogP contribution >= 0.6 is 0 Å². The van der Waals surface area contributed by atoms with Crippen molar-refractivity contribution in [2.24, 2.45) is 0 Å². The molecule has 2 aliphatic rings. The second-order valence-corrected chi connectivity index (χ2v) is 5.79. The molecular weight excluding hydrogens is 224 g/mol. The van der Waals surface area contributed by atoms with Crippen molar-refractivity contribution in [2.45, 2.75) is 63.3 Å². The number of piperidine rings is 1. The molecule has 18 heavy (non-hydrogen) atoms. The Morgan fingerprint density at radius 1 is 1.06 bits per heavy atom. The molecule has 100 valence electrons. The van der Waals surface area contributed by atoms with Crippen LogP contribution in [0.4, 0.5) is 0 Å². The number of aromatic nitrogens is 3. The van der Waals surface area contributed by atoms with Gasteiger partial charge in [-0.25, -0.2) is 0 Å². The predicted octanol–water partition coefficient (Wildman–Crippen LogP) is 2.64. The summed E-state index contributed by atoms with van der Waals surface area (Å²) < 4.78 is 2.39. The second kappa shape index (κ2) is 5.83. The van der Waals surface area contributed by atoms with Crippen molar-refractivity contribution >= 4 is 0 Å². The lowest BCUT2D eigenvalue weighted by Crippen LogP contribution is -2.30. The van der Waals surface area contributed by atoms with E-state index in [0.717, 1.165) is 13.1 Å². The summed E-state index contributed by atoms with van der Waals surface area (Å²) in [5.41, 5.74) is 0. The first-order valence-corrected chi connectivity index (χ1v) is 7.55. The number of hydrogen-bond acceptors (Lipinski definition) is 3. The molecule has 4 nitrogen and oxygen atoms in total. The zero-order chi connectivity index (χ0) is 12.2. The number of nitrogens with zero attached hydrogens (tertiary/aromatic N) is 3. The molecule has 1 unspecified atom stereocenters. The first-order chi connectivity index (χ1) is 8.95. The summed E-state index contributed by atoms with van der Waals surface area (Å²) in [6, 6.07) is 0.652. The van der Waals surface area contributed by atoms with E-state index < -0.39 is 0 Å². The van der Waals surface area contributed by atoms with Gasteiger partial charge >= 0.3 is 0 Å². The molecule has 1 atom stereocenters. The van der Waals surface area contributed by atoms with Gasteiger partial charge in [0.25, 0.3) is 0 Å². The molecule has 1 N–H and O–H groups in total. The summed E-state index contributed by atoms with van der Waals surface area (Å²) in [6.45, 7) is 2.24. The molecule has 1 aromatic heterocycles. The fourth-order valence-corrected chi connectivity index (χ4v) is 3.43. The zero-order valence-corrected chi connectivity index (χ0v) is 11.1. The number of hydrogen-bond donors (Lipinski definition) is 1. The van der Waals surface area contributed by atoms with Gasteiger partial charge in [0.1, 0.15) is 12.2 Å². The molecule has 1 aliphatic heterocycles. The van der Waals surface area contributed by atoms with E-state index in [1.54, 1.807) is 0 Å². The summed E-state index contributed by atoms with van der Waals surface area (Å²) in [7, 11) is 0. The van der Waals surface area contributed by atoms with Gasteiger partial charge in [-0.05, 0) is 32.2 Å². The lowest BCUT2D eigenvalue weighted by atomic mass is 9.98. The molecule has 2 heterocycles. The molecule has 4 heteroatoms. The Morgan fingerprint density at radius 3 is 2.61 bits per heavy atom. The Balaban J connectivity index is 1.76. The van der Waals surface area contributed by atoms with Gasteiger partial charge in [0.05, 0.1) is 0 Å². The second-order valence-electron chi connectivity index (χ2n) is 5.79. The van der Waals surface area contributed by atoms with Crippen molar-refractivity contribution in [1.29, 1.82) is 0 Å². The van der Waals surface area contributed by atoms with Crippen LogP contribution in [0.25, 0.3) is 0 Å². The molecular formula is C14H24N4. The minimum atomic E-state index is 0.574. The molecule has 0 amide bonds. The van der Waals surface area contributed by atoms with Crippen molar-refractivity contribution in [2.75, 3.05) is 13.1 Å². The molecule has 1 aliphatic carbocycles. The third-order valence-corrected chi connectivity index (χ3v) is 4.48. The van der Waals surface area contributed by atoms with Gasteiger partial charge < -0.3 is 9.88 Å². The van der Waals surface area contributed by atoms with Crippen molar-refractivity contribution in [3.63, 3.8) is 0 Å². The fraction of sp³-hybridized carbons (Fsp3) is 0.857. The Labute approximate surface area is 109 Å². The molecule has 0 radical (unpaired) electrons. The van der Waals surface area contributed by atoms with Crippen LogP contribution in [-0.4, -0.2) is 27.9 Å². The third-order valence-electron chi connectivity index (χ3n) is 4.48. The Morgan fingerprint density at radius 2 is 1.89 bits per heavy atom. The maximum Gasteiger partial charge on any atom is 0.137 e. The smallest absolute Gasteiger partial charge is 0.137 e. The lowest BCUT2D eigenvalue weighted by Gasteiger charge is -2.25. The van der Waals surface area contributed by atoms with Crippen molar-refractivity contribution in [3.8, 4) is 0 Å². The Bertz CT molecular complexity index is 360. The minimum Gasteiger partial charge on any atom is -0.316 e. The lowest BCUT2D eigenvalue weighted by molar-refractivity contribution is 0.385. The quantitative estimate of drug-likeness (QED) is 0.818. The van der Waals surface area contributed by atoms with Gasteiger partial charge in [-0.15, -0.1) is 10.2 Å². The van der Waals surface area contributed by atoms with E-state index in [1.165, 1.54) is 57.2 Å². The normalized spacial score (nSPS) is 27.0. The Kier molecular flexibility index (Phi) is 3.93. The van der Waals surface area contributed by atoms with E-state index in [9.17, 15) is 0 Å². The summed E-state index contributed by atoms with van der Waals surface area (Å²) >= 11 is 0. The standard InChI is InChI=1S/C14H24N4/c1-2-4-8-13(7-3-1)18-11-16-17-14(18)12-6-5-9-15-10-12/h11-13,15H,1-10H2. The van der Waals surface area contributed by atoms with Gasteiger partial charge in [-0.3, -0.25) is 0 Å². The number of nitrogens with one attached hydrogen (secondary N) is 1. The molecule has 0 aromatic carbocycles. The largest absolute Gasteiger partial charge is 0.316 e. The molecule has 2 fully saturated rings. The summed E-state index contributed by atoms with van der Waals surface area (Å²) in [4.78, 5) is 0. The SMILES string of the molecule is c1nnc(C2CCCNC2)n1C1CCCCCC1. The van der Waals surface area contributed by atoms with Gasteiger partial charge in [0, 0.05) is 18.5 Å². The highest BCUT2D eigenvalue weighted by molar-refractivity contribution is 5.01. The van der Waals surface area contributed by atoms with Gasteiger partial charge in [0.15, 0.2) is 0 Å². The highest BCUT2D eigenvalue weighted by atomic mass is 15.3. The molecule has 1 aromatic rings. The number of rotatable bonds is 2. The first kappa shape index (κ1) is 12.2. The molecule has 0 bridgehead atoms. The van der Waals surface area contributed by atoms with Crippen molar-refractivity contribution < 1.29 is 0 Å². The van der Waals surface area contributed by atoms with Crippen LogP contribution in [0.3, 0.4) is 0 Å². The topological polar surface area (TPSA) is 42.7 Å². The van der Waals surface area contributed by atoms with Crippen LogP contribution < -0.4 is 5.32 Å². The summed E-state index contributed by atoms with van der Waals surface area (Å²) in [5.74, 6) is 1.80.